The normalized spacial score (nSPS) is 12.8. The van der Waals surface area contributed by atoms with Crippen LogP contribution in [0.15, 0.2) is 72.8 Å². The third kappa shape index (κ3) is 5.98. The highest BCUT2D eigenvalue weighted by Gasteiger charge is 2.29. The Bertz CT molecular complexity index is 1190. The number of fused-ring (bicyclic) bond motifs is 3. The number of carbonyl (C=O) groups is 3. The largest absolute Gasteiger partial charge is 0.449 e. The zero-order valence-corrected chi connectivity index (χ0v) is 20.3. The molecular formula is C29H31N3O4. The Morgan fingerprint density at radius 3 is 2.06 bits per heavy atom. The van der Waals surface area contributed by atoms with Crippen molar-refractivity contribution < 1.29 is 19.1 Å². The average molecular weight is 486 g/mol. The standard InChI is InChI=1S/C29H31N3O4/c1-19(33)10-15-27(28(34)31-17-21-13-11-20(16-30)12-14-21)32-29(35)36-18-26-24-8-4-2-6-22(24)23-7-3-5-9-25(23)26/h2-9,11-14,26-27H,10,15-18,30H2,1H3,(H,31,34)(H,32,35)/t27-/m0/s1. The lowest BCUT2D eigenvalue weighted by molar-refractivity contribution is -0.123. The number of amides is 2. The van der Waals surface area contributed by atoms with Gasteiger partial charge in [-0.3, -0.25) is 4.79 Å². The number of hydrogen-bond acceptors (Lipinski definition) is 5. The molecule has 3 aromatic rings. The number of benzene rings is 3. The number of alkyl carbamates (subject to hydrolysis) is 1. The van der Waals surface area contributed by atoms with Gasteiger partial charge in [0.05, 0.1) is 0 Å². The van der Waals surface area contributed by atoms with Crippen LogP contribution in [0.5, 0.6) is 0 Å². The summed E-state index contributed by atoms with van der Waals surface area (Å²) < 4.78 is 5.59. The van der Waals surface area contributed by atoms with Gasteiger partial charge in [-0.1, -0.05) is 72.8 Å². The number of ketones is 1. The number of hydrogen-bond donors (Lipinski definition) is 3. The second kappa shape index (κ2) is 11.6. The van der Waals surface area contributed by atoms with Crippen molar-refractivity contribution in [2.75, 3.05) is 6.61 Å². The summed E-state index contributed by atoms with van der Waals surface area (Å²) in [5.74, 6) is -0.503. The summed E-state index contributed by atoms with van der Waals surface area (Å²) in [5.41, 5.74) is 12.0. The van der Waals surface area contributed by atoms with E-state index >= 15 is 0 Å². The third-order valence-corrected chi connectivity index (χ3v) is 6.46. The second-order valence-corrected chi connectivity index (χ2v) is 9.00. The van der Waals surface area contributed by atoms with Crippen LogP contribution >= 0.6 is 0 Å². The molecule has 3 aromatic carbocycles. The van der Waals surface area contributed by atoms with Crippen LogP contribution < -0.4 is 16.4 Å². The quantitative estimate of drug-likeness (QED) is 0.401. The maximum absolute atomic E-state index is 12.9. The van der Waals surface area contributed by atoms with Gasteiger partial charge in [-0.2, -0.15) is 0 Å². The van der Waals surface area contributed by atoms with Crippen LogP contribution in [0.25, 0.3) is 11.1 Å². The molecule has 1 atom stereocenters. The van der Waals surface area contributed by atoms with Gasteiger partial charge in [0.15, 0.2) is 0 Å². The van der Waals surface area contributed by atoms with E-state index in [-0.39, 0.29) is 37.1 Å². The molecule has 0 heterocycles. The Labute approximate surface area is 211 Å². The molecule has 1 aliphatic rings. The fourth-order valence-electron chi connectivity index (χ4n) is 4.50. The zero-order valence-electron chi connectivity index (χ0n) is 20.3. The van der Waals surface area contributed by atoms with Gasteiger partial charge in [0, 0.05) is 25.4 Å². The molecule has 2 amide bonds. The number of rotatable bonds is 10. The molecule has 0 unspecified atom stereocenters. The SMILES string of the molecule is CC(=O)CC[C@H](NC(=O)OCC1c2ccccc2-c2ccccc21)C(=O)NCc1ccc(CN)cc1. The van der Waals surface area contributed by atoms with Crippen molar-refractivity contribution in [2.45, 2.75) is 44.8 Å². The van der Waals surface area contributed by atoms with E-state index in [1.807, 2.05) is 60.7 Å². The number of ether oxygens (including phenoxy) is 1. The van der Waals surface area contributed by atoms with Gasteiger partial charge in [0.25, 0.3) is 0 Å². The number of nitrogens with two attached hydrogens (primary N) is 1. The number of Topliss-reactive ketones (excluding diaryl/α,β-unsaturated/α-hetero) is 1. The molecule has 4 rings (SSSR count). The van der Waals surface area contributed by atoms with Gasteiger partial charge >= 0.3 is 6.09 Å². The lowest BCUT2D eigenvalue weighted by Gasteiger charge is -2.19. The van der Waals surface area contributed by atoms with Crippen molar-refractivity contribution >= 4 is 17.8 Å². The van der Waals surface area contributed by atoms with Crippen LogP contribution in [0.1, 0.15) is 47.9 Å². The maximum atomic E-state index is 12.9. The first-order chi connectivity index (χ1) is 17.5. The molecule has 36 heavy (non-hydrogen) atoms. The van der Waals surface area contributed by atoms with Gasteiger partial charge in [0.2, 0.25) is 5.91 Å². The monoisotopic (exact) mass is 485 g/mol. The van der Waals surface area contributed by atoms with Crippen molar-refractivity contribution in [1.29, 1.82) is 0 Å². The van der Waals surface area contributed by atoms with Crippen molar-refractivity contribution in [3.05, 3.63) is 95.1 Å². The maximum Gasteiger partial charge on any atom is 0.407 e. The Balaban J connectivity index is 1.37. The minimum absolute atomic E-state index is 0.0560. The van der Waals surface area contributed by atoms with E-state index in [1.54, 1.807) is 0 Å². The summed E-state index contributed by atoms with van der Waals surface area (Å²) in [5, 5.41) is 5.49. The smallest absolute Gasteiger partial charge is 0.407 e. The van der Waals surface area contributed by atoms with E-state index < -0.39 is 12.1 Å². The number of carbonyl (C=O) groups excluding carboxylic acids is 3. The Morgan fingerprint density at radius 1 is 0.889 bits per heavy atom. The van der Waals surface area contributed by atoms with E-state index in [4.69, 9.17) is 10.5 Å². The van der Waals surface area contributed by atoms with Crippen LogP contribution in [0.2, 0.25) is 0 Å². The van der Waals surface area contributed by atoms with Crippen molar-refractivity contribution in [1.82, 2.24) is 10.6 Å². The van der Waals surface area contributed by atoms with Gasteiger partial charge in [-0.05, 0) is 46.7 Å². The minimum atomic E-state index is -0.882. The lowest BCUT2D eigenvalue weighted by atomic mass is 9.98. The van der Waals surface area contributed by atoms with Crippen LogP contribution in [0.4, 0.5) is 4.79 Å². The highest BCUT2D eigenvalue weighted by atomic mass is 16.5. The molecular weight excluding hydrogens is 454 g/mol. The first-order valence-electron chi connectivity index (χ1n) is 12.1. The lowest BCUT2D eigenvalue weighted by Crippen LogP contribution is -2.47. The molecule has 186 valence electrons. The summed E-state index contributed by atoms with van der Waals surface area (Å²) in [6.45, 7) is 2.35. The molecule has 0 bridgehead atoms. The van der Waals surface area contributed by atoms with Crippen LogP contribution in [0.3, 0.4) is 0 Å². The summed E-state index contributed by atoms with van der Waals surface area (Å²) in [7, 11) is 0. The van der Waals surface area contributed by atoms with Crippen LogP contribution in [-0.2, 0) is 27.4 Å². The molecule has 0 saturated heterocycles. The minimum Gasteiger partial charge on any atom is -0.449 e. The molecule has 0 spiro atoms. The van der Waals surface area contributed by atoms with Gasteiger partial charge in [-0.15, -0.1) is 0 Å². The van der Waals surface area contributed by atoms with Crippen molar-refractivity contribution in [3.8, 4) is 11.1 Å². The Morgan fingerprint density at radius 2 is 1.47 bits per heavy atom. The van der Waals surface area contributed by atoms with Crippen molar-refractivity contribution in [3.63, 3.8) is 0 Å². The Kier molecular flexibility index (Phi) is 8.13. The molecule has 4 N–H and O–H groups in total. The molecule has 0 aliphatic heterocycles. The number of nitrogens with one attached hydrogen (secondary N) is 2. The van der Waals surface area contributed by atoms with Crippen molar-refractivity contribution in [2.24, 2.45) is 5.73 Å². The van der Waals surface area contributed by atoms with E-state index in [2.05, 4.69) is 22.8 Å². The second-order valence-electron chi connectivity index (χ2n) is 9.00. The molecule has 7 heteroatoms. The van der Waals surface area contributed by atoms with Gasteiger partial charge < -0.3 is 25.9 Å². The molecule has 0 fully saturated rings. The summed E-state index contributed by atoms with van der Waals surface area (Å²) >= 11 is 0. The fraction of sp³-hybridized carbons (Fsp3) is 0.276. The van der Waals surface area contributed by atoms with Crippen LogP contribution in [-0.4, -0.2) is 30.4 Å². The van der Waals surface area contributed by atoms with Crippen LogP contribution in [0, 0.1) is 0 Å². The first-order valence-corrected chi connectivity index (χ1v) is 12.1. The first kappa shape index (κ1) is 25.1. The zero-order chi connectivity index (χ0) is 25.5. The van der Waals surface area contributed by atoms with E-state index in [1.165, 1.54) is 6.92 Å². The molecule has 0 aromatic heterocycles. The predicted octanol–water partition coefficient (Wildman–Crippen LogP) is 4.04. The van der Waals surface area contributed by atoms with Gasteiger partial charge in [0.1, 0.15) is 18.4 Å². The van der Waals surface area contributed by atoms with E-state index in [9.17, 15) is 14.4 Å². The summed E-state index contributed by atoms with van der Waals surface area (Å²) in [6.07, 6.45) is -0.322. The van der Waals surface area contributed by atoms with E-state index in [0.29, 0.717) is 13.1 Å². The van der Waals surface area contributed by atoms with Gasteiger partial charge in [-0.25, -0.2) is 4.79 Å². The molecule has 7 nitrogen and oxygen atoms in total. The fourth-order valence-corrected chi connectivity index (χ4v) is 4.50. The molecule has 0 radical (unpaired) electrons. The highest BCUT2D eigenvalue weighted by Crippen LogP contribution is 2.44. The summed E-state index contributed by atoms with van der Waals surface area (Å²) in [6, 6.07) is 22.9. The highest BCUT2D eigenvalue weighted by molar-refractivity contribution is 5.86. The Hall–Kier alpha value is -3.97. The molecule has 0 saturated carbocycles. The molecule has 1 aliphatic carbocycles. The predicted molar refractivity (Wildman–Crippen MR) is 138 cm³/mol. The topological polar surface area (TPSA) is 111 Å². The average Bonchev–Trinajstić information content (AvgIpc) is 3.22. The van der Waals surface area contributed by atoms with E-state index in [0.717, 1.165) is 33.4 Å². The third-order valence-electron chi connectivity index (χ3n) is 6.46. The summed E-state index contributed by atoms with van der Waals surface area (Å²) in [4.78, 5) is 37.1.